The molecule has 0 saturated carbocycles. The Kier molecular flexibility index (Phi) is 4.38. The summed E-state index contributed by atoms with van der Waals surface area (Å²) < 4.78 is 0.930. The molecule has 0 bridgehead atoms. The highest BCUT2D eigenvalue weighted by atomic mass is 79.9. The van der Waals surface area contributed by atoms with Crippen LogP contribution in [0.15, 0.2) is 22.7 Å². The largest absolute Gasteiger partial charge is 0.508 e. The standard InChI is InChI=1S/C10H15BrN2O/c11-9-4-3-7(14)6-8(9)10(13)2-1-5-12/h3-4,6,10,14H,1-2,5,12-13H2/t10-/m0/s1. The van der Waals surface area contributed by atoms with Crippen LogP contribution in [0.5, 0.6) is 5.75 Å². The van der Waals surface area contributed by atoms with Crippen molar-refractivity contribution in [1.82, 2.24) is 0 Å². The monoisotopic (exact) mass is 258 g/mol. The average Bonchev–Trinajstić information content (AvgIpc) is 2.18. The topological polar surface area (TPSA) is 72.3 Å². The summed E-state index contributed by atoms with van der Waals surface area (Å²) in [4.78, 5) is 0. The highest BCUT2D eigenvalue weighted by Gasteiger charge is 2.09. The van der Waals surface area contributed by atoms with Gasteiger partial charge in [-0.05, 0) is 43.1 Å². The third-order valence-corrected chi connectivity index (χ3v) is 2.82. The number of hydrogen-bond donors (Lipinski definition) is 3. The first-order chi connectivity index (χ1) is 6.65. The third-order valence-electron chi connectivity index (χ3n) is 2.10. The Labute approximate surface area is 92.2 Å². The van der Waals surface area contributed by atoms with Gasteiger partial charge in [0.25, 0.3) is 0 Å². The lowest BCUT2D eigenvalue weighted by atomic mass is 10.0. The molecule has 0 aromatic heterocycles. The second-order valence-electron chi connectivity index (χ2n) is 3.24. The molecule has 1 atom stereocenters. The highest BCUT2D eigenvalue weighted by Crippen LogP contribution is 2.28. The van der Waals surface area contributed by atoms with Crippen LogP contribution in [-0.4, -0.2) is 11.7 Å². The molecule has 0 aliphatic heterocycles. The normalized spacial score (nSPS) is 12.8. The van der Waals surface area contributed by atoms with E-state index in [0.717, 1.165) is 22.9 Å². The fourth-order valence-electron chi connectivity index (χ4n) is 1.31. The van der Waals surface area contributed by atoms with Crippen molar-refractivity contribution in [3.05, 3.63) is 28.2 Å². The summed E-state index contributed by atoms with van der Waals surface area (Å²) in [6, 6.07) is 5.04. The summed E-state index contributed by atoms with van der Waals surface area (Å²) in [6.45, 7) is 0.643. The summed E-state index contributed by atoms with van der Waals surface area (Å²) in [5.74, 6) is 0.242. The van der Waals surface area contributed by atoms with E-state index < -0.39 is 0 Å². The fourth-order valence-corrected chi connectivity index (χ4v) is 1.85. The molecular formula is C10H15BrN2O. The van der Waals surface area contributed by atoms with Crippen LogP contribution in [0.2, 0.25) is 0 Å². The molecule has 0 unspecified atom stereocenters. The van der Waals surface area contributed by atoms with Gasteiger partial charge in [-0.15, -0.1) is 0 Å². The molecule has 0 amide bonds. The second-order valence-corrected chi connectivity index (χ2v) is 4.10. The minimum absolute atomic E-state index is 0.0694. The lowest BCUT2D eigenvalue weighted by Crippen LogP contribution is -2.13. The van der Waals surface area contributed by atoms with E-state index in [2.05, 4.69) is 15.9 Å². The van der Waals surface area contributed by atoms with Crippen molar-refractivity contribution >= 4 is 15.9 Å². The summed E-state index contributed by atoms with van der Waals surface area (Å²) in [6.07, 6.45) is 1.72. The first-order valence-corrected chi connectivity index (χ1v) is 5.38. The molecule has 0 aliphatic carbocycles. The maximum absolute atomic E-state index is 9.31. The molecule has 0 fully saturated rings. The Hall–Kier alpha value is -0.580. The predicted molar refractivity (Wildman–Crippen MR) is 61.0 cm³/mol. The van der Waals surface area contributed by atoms with Gasteiger partial charge in [-0.1, -0.05) is 15.9 Å². The summed E-state index contributed by atoms with van der Waals surface area (Å²) in [5, 5.41) is 9.31. The van der Waals surface area contributed by atoms with Gasteiger partial charge in [0.05, 0.1) is 0 Å². The molecule has 3 nitrogen and oxygen atoms in total. The van der Waals surface area contributed by atoms with Gasteiger partial charge >= 0.3 is 0 Å². The van der Waals surface area contributed by atoms with Crippen molar-refractivity contribution in [2.75, 3.05) is 6.54 Å². The number of rotatable bonds is 4. The highest BCUT2D eigenvalue weighted by molar-refractivity contribution is 9.10. The van der Waals surface area contributed by atoms with Gasteiger partial charge in [-0.25, -0.2) is 0 Å². The van der Waals surface area contributed by atoms with Crippen molar-refractivity contribution in [3.8, 4) is 5.75 Å². The molecule has 0 aliphatic rings. The number of aromatic hydroxyl groups is 1. The van der Waals surface area contributed by atoms with E-state index in [9.17, 15) is 5.11 Å². The van der Waals surface area contributed by atoms with Crippen molar-refractivity contribution in [2.24, 2.45) is 11.5 Å². The molecule has 1 rings (SSSR count). The Morgan fingerprint density at radius 2 is 2.14 bits per heavy atom. The number of nitrogens with two attached hydrogens (primary N) is 2. The van der Waals surface area contributed by atoms with E-state index in [1.54, 1.807) is 18.2 Å². The van der Waals surface area contributed by atoms with Crippen molar-refractivity contribution in [3.63, 3.8) is 0 Å². The minimum atomic E-state index is -0.0694. The number of phenolic OH excluding ortho intramolecular Hbond substituents is 1. The van der Waals surface area contributed by atoms with Gasteiger partial charge in [0.15, 0.2) is 0 Å². The van der Waals surface area contributed by atoms with Crippen molar-refractivity contribution in [1.29, 1.82) is 0 Å². The van der Waals surface area contributed by atoms with Gasteiger partial charge < -0.3 is 16.6 Å². The average molecular weight is 259 g/mol. The second kappa shape index (κ2) is 5.34. The van der Waals surface area contributed by atoms with E-state index in [-0.39, 0.29) is 11.8 Å². The van der Waals surface area contributed by atoms with E-state index in [4.69, 9.17) is 11.5 Å². The van der Waals surface area contributed by atoms with Crippen molar-refractivity contribution in [2.45, 2.75) is 18.9 Å². The molecule has 1 aromatic carbocycles. The first kappa shape index (κ1) is 11.5. The zero-order chi connectivity index (χ0) is 10.6. The molecule has 0 radical (unpaired) electrons. The molecule has 4 heteroatoms. The minimum Gasteiger partial charge on any atom is -0.508 e. The SMILES string of the molecule is NCCC[C@H](N)c1cc(O)ccc1Br. The van der Waals surface area contributed by atoms with Gasteiger partial charge in [0, 0.05) is 10.5 Å². The lowest BCUT2D eigenvalue weighted by molar-refractivity contribution is 0.472. The van der Waals surface area contributed by atoms with E-state index in [0.29, 0.717) is 6.54 Å². The Balaban J connectivity index is 2.77. The molecule has 78 valence electrons. The Morgan fingerprint density at radius 1 is 1.43 bits per heavy atom. The quantitative estimate of drug-likeness (QED) is 0.773. The van der Waals surface area contributed by atoms with E-state index in [1.165, 1.54) is 0 Å². The molecule has 14 heavy (non-hydrogen) atoms. The van der Waals surface area contributed by atoms with E-state index in [1.807, 2.05) is 0 Å². The lowest BCUT2D eigenvalue weighted by Gasteiger charge is -2.13. The molecule has 0 saturated heterocycles. The molecular weight excluding hydrogens is 244 g/mol. The molecule has 0 spiro atoms. The van der Waals surface area contributed by atoms with Crippen LogP contribution < -0.4 is 11.5 Å². The molecule has 0 heterocycles. The zero-order valence-electron chi connectivity index (χ0n) is 7.91. The van der Waals surface area contributed by atoms with Crippen LogP contribution in [0.3, 0.4) is 0 Å². The predicted octanol–water partition coefficient (Wildman–Crippen LogP) is 1.89. The van der Waals surface area contributed by atoms with Gasteiger partial charge in [-0.2, -0.15) is 0 Å². The first-order valence-electron chi connectivity index (χ1n) is 4.59. The zero-order valence-corrected chi connectivity index (χ0v) is 9.50. The molecule has 1 aromatic rings. The summed E-state index contributed by atoms with van der Waals surface area (Å²) in [5.41, 5.74) is 12.3. The Morgan fingerprint density at radius 3 is 2.79 bits per heavy atom. The van der Waals surface area contributed by atoms with Gasteiger partial charge in [0.1, 0.15) is 5.75 Å². The third kappa shape index (κ3) is 2.97. The van der Waals surface area contributed by atoms with Gasteiger partial charge in [-0.3, -0.25) is 0 Å². The summed E-state index contributed by atoms with van der Waals surface area (Å²) in [7, 11) is 0. The van der Waals surface area contributed by atoms with Crippen LogP contribution >= 0.6 is 15.9 Å². The van der Waals surface area contributed by atoms with Crippen molar-refractivity contribution < 1.29 is 5.11 Å². The number of phenols is 1. The number of halogens is 1. The van der Waals surface area contributed by atoms with Crippen LogP contribution in [0.1, 0.15) is 24.4 Å². The van der Waals surface area contributed by atoms with E-state index >= 15 is 0 Å². The van der Waals surface area contributed by atoms with Crippen LogP contribution in [0, 0.1) is 0 Å². The van der Waals surface area contributed by atoms with Crippen LogP contribution in [0.4, 0.5) is 0 Å². The maximum atomic E-state index is 9.31. The smallest absolute Gasteiger partial charge is 0.115 e. The maximum Gasteiger partial charge on any atom is 0.115 e. The number of benzene rings is 1. The Bertz CT molecular complexity index is 304. The van der Waals surface area contributed by atoms with Crippen LogP contribution in [-0.2, 0) is 0 Å². The number of hydrogen-bond acceptors (Lipinski definition) is 3. The summed E-state index contributed by atoms with van der Waals surface area (Å²) >= 11 is 3.40. The molecule has 5 N–H and O–H groups in total. The van der Waals surface area contributed by atoms with Crippen LogP contribution in [0.25, 0.3) is 0 Å². The fraction of sp³-hybridized carbons (Fsp3) is 0.400. The van der Waals surface area contributed by atoms with Gasteiger partial charge in [0.2, 0.25) is 0 Å².